The Balaban J connectivity index is 1.13. The number of carbonyl (C=O) groups excluding carboxylic acids is 2. The highest BCUT2D eigenvalue weighted by atomic mass is 19.1. The van der Waals surface area contributed by atoms with Crippen molar-refractivity contribution in [2.24, 2.45) is 5.92 Å². The molecule has 1 fully saturated rings. The Hall–Kier alpha value is -3.26. The largest absolute Gasteiger partial charge is 0.449 e. The number of oxazole rings is 1. The van der Waals surface area contributed by atoms with Crippen molar-refractivity contribution in [1.82, 2.24) is 9.88 Å². The van der Waals surface area contributed by atoms with Crippen molar-refractivity contribution in [2.75, 3.05) is 31.6 Å². The molecule has 2 heterocycles. The number of amides is 1. The molecule has 0 unspecified atom stereocenters. The predicted octanol–water partition coefficient (Wildman–Crippen LogP) is 4.50. The van der Waals surface area contributed by atoms with Gasteiger partial charge in [-0.2, -0.15) is 0 Å². The van der Waals surface area contributed by atoms with E-state index in [9.17, 15) is 14.0 Å². The molecule has 0 bridgehead atoms. The molecule has 2 aromatic carbocycles. The van der Waals surface area contributed by atoms with Gasteiger partial charge in [0.25, 0.3) is 0 Å². The van der Waals surface area contributed by atoms with E-state index in [1.54, 1.807) is 30.3 Å². The number of aromatic nitrogens is 1. The van der Waals surface area contributed by atoms with Crippen molar-refractivity contribution in [1.29, 1.82) is 0 Å². The first-order valence-corrected chi connectivity index (χ1v) is 10.4. The lowest BCUT2D eigenvalue weighted by atomic mass is 9.89. The molecule has 0 saturated carbocycles. The van der Waals surface area contributed by atoms with Gasteiger partial charge in [0, 0.05) is 23.7 Å². The molecule has 0 radical (unpaired) electrons. The molecule has 7 nitrogen and oxygen atoms in total. The number of piperidine rings is 1. The van der Waals surface area contributed by atoms with Crippen LogP contribution in [-0.2, 0) is 4.74 Å². The van der Waals surface area contributed by atoms with Crippen molar-refractivity contribution in [3.63, 3.8) is 0 Å². The number of benzene rings is 2. The highest BCUT2D eigenvalue weighted by molar-refractivity contribution is 5.97. The normalized spacial score (nSPS) is 15.1. The van der Waals surface area contributed by atoms with Crippen LogP contribution in [0.5, 0.6) is 0 Å². The molecule has 8 heteroatoms. The second-order valence-electron chi connectivity index (χ2n) is 7.64. The molecule has 162 valence electrons. The maximum Gasteiger partial charge on any atom is 0.411 e. The fourth-order valence-corrected chi connectivity index (χ4v) is 3.81. The van der Waals surface area contributed by atoms with E-state index in [-0.39, 0.29) is 17.5 Å². The average Bonchev–Trinajstić information content (AvgIpc) is 3.25. The van der Waals surface area contributed by atoms with Crippen LogP contribution in [0.15, 0.2) is 53.3 Å². The molecule has 3 aromatic rings. The Morgan fingerprint density at radius 1 is 1.16 bits per heavy atom. The summed E-state index contributed by atoms with van der Waals surface area (Å²) < 4.78 is 23.5. The Morgan fingerprint density at radius 3 is 2.71 bits per heavy atom. The number of hydrogen-bond donors (Lipinski definition) is 1. The minimum Gasteiger partial charge on any atom is -0.449 e. The van der Waals surface area contributed by atoms with Crippen LogP contribution in [0.2, 0.25) is 0 Å². The average molecular weight is 425 g/mol. The standard InChI is InChI=1S/C23H24FN3O4/c24-18-4-2-16(3-5-18)22(28)17-8-11-27(12-9-17)10-1-13-30-23(29)26-19-6-7-21-20(14-19)25-15-31-21/h2-7,14-15,17H,1,8-13H2,(H,26,29). The zero-order valence-corrected chi connectivity index (χ0v) is 17.1. The van der Waals surface area contributed by atoms with Gasteiger partial charge >= 0.3 is 6.09 Å². The summed E-state index contributed by atoms with van der Waals surface area (Å²) in [6.45, 7) is 2.76. The molecule has 0 spiro atoms. The first-order valence-electron chi connectivity index (χ1n) is 10.4. The summed E-state index contributed by atoms with van der Waals surface area (Å²) in [6.07, 6.45) is 3.12. The first-order chi connectivity index (χ1) is 15.1. The van der Waals surface area contributed by atoms with Crippen molar-refractivity contribution in [2.45, 2.75) is 19.3 Å². The highest BCUT2D eigenvalue weighted by Gasteiger charge is 2.25. The Kier molecular flexibility index (Phi) is 6.57. The number of nitrogens with one attached hydrogen (secondary N) is 1. The van der Waals surface area contributed by atoms with Crippen LogP contribution in [0.3, 0.4) is 0 Å². The van der Waals surface area contributed by atoms with Gasteiger partial charge < -0.3 is 14.1 Å². The number of halogens is 1. The van der Waals surface area contributed by atoms with Crippen molar-refractivity contribution in [3.8, 4) is 0 Å². The van der Waals surface area contributed by atoms with Gasteiger partial charge in [0.1, 0.15) is 11.3 Å². The number of anilines is 1. The third-order valence-electron chi connectivity index (χ3n) is 5.52. The second-order valence-corrected chi connectivity index (χ2v) is 7.64. The summed E-state index contributed by atoms with van der Waals surface area (Å²) >= 11 is 0. The van der Waals surface area contributed by atoms with E-state index in [4.69, 9.17) is 9.15 Å². The molecule has 4 rings (SSSR count). The third-order valence-corrected chi connectivity index (χ3v) is 5.52. The highest BCUT2D eigenvalue weighted by Crippen LogP contribution is 2.22. The van der Waals surface area contributed by atoms with Crippen LogP contribution in [-0.4, -0.2) is 48.0 Å². The summed E-state index contributed by atoms with van der Waals surface area (Å²) in [5, 5.41) is 2.68. The van der Waals surface area contributed by atoms with Crippen molar-refractivity contribution < 1.29 is 23.1 Å². The van der Waals surface area contributed by atoms with Gasteiger partial charge in [0.2, 0.25) is 0 Å². The molecule has 1 N–H and O–H groups in total. The predicted molar refractivity (Wildman–Crippen MR) is 113 cm³/mol. The number of Topliss-reactive ketones (excluding diaryl/α,β-unsaturated/α-hetero) is 1. The minimum absolute atomic E-state index is 0.0224. The van der Waals surface area contributed by atoms with E-state index < -0.39 is 6.09 Å². The van der Waals surface area contributed by atoms with Crippen molar-refractivity contribution in [3.05, 3.63) is 60.2 Å². The Morgan fingerprint density at radius 2 is 1.94 bits per heavy atom. The van der Waals surface area contributed by atoms with Crippen LogP contribution in [0.25, 0.3) is 11.1 Å². The van der Waals surface area contributed by atoms with Crippen molar-refractivity contribution >= 4 is 28.7 Å². The fourth-order valence-electron chi connectivity index (χ4n) is 3.81. The van der Waals surface area contributed by atoms with E-state index in [1.807, 2.05) is 0 Å². The third kappa shape index (κ3) is 5.46. The lowest BCUT2D eigenvalue weighted by Gasteiger charge is -2.31. The van der Waals surface area contributed by atoms with Gasteiger partial charge in [-0.05, 0) is 74.8 Å². The number of nitrogens with zero attached hydrogens (tertiary/aromatic N) is 2. The molecular weight excluding hydrogens is 401 g/mol. The molecule has 1 aliphatic heterocycles. The van der Waals surface area contributed by atoms with E-state index in [0.717, 1.165) is 32.5 Å². The van der Waals surface area contributed by atoms with Gasteiger partial charge in [-0.15, -0.1) is 0 Å². The summed E-state index contributed by atoms with van der Waals surface area (Å²) in [5.41, 5.74) is 2.49. The number of ketones is 1. The van der Waals surface area contributed by atoms with Crippen LogP contribution in [0.4, 0.5) is 14.9 Å². The van der Waals surface area contributed by atoms with Gasteiger partial charge in [-0.1, -0.05) is 0 Å². The molecule has 1 saturated heterocycles. The maximum atomic E-state index is 13.0. The number of hydrogen-bond acceptors (Lipinski definition) is 6. The van der Waals surface area contributed by atoms with Gasteiger partial charge in [0.15, 0.2) is 17.8 Å². The zero-order chi connectivity index (χ0) is 21.6. The minimum atomic E-state index is -0.508. The lowest BCUT2D eigenvalue weighted by Crippen LogP contribution is -2.37. The van der Waals surface area contributed by atoms with Gasteiger partial charge in [-0.3, -0.25) is 10.1 Å². The van der Waals surface area contributed by atoms with Gasteiger partial charge in [-0.25, -0.2) is 14.2 Å². The molecule has 1 amide bonds. The van der Waals surface area contributed by atoms with E-state index >= 15 is 0 Å². The molecule has 0 atom stereocenters. The molecule has 1 aromatic heterocycles. The van der Waals surface area contributed by atoms with E-state index in [2.05, 4.69) is 15.2 Å². The first kappa shape index (κ1) is 21.0. The van der Waals surface area contributed by atoms with E-state index in [1.165, 1.54) is 18.5 Å². The number of rotatable bonds is 7. The summed E-state index contributed by atoms with van der Waals surface area (Å²) in [6, 6.07) is 10.9. The molecule has 1 aliphatic rings. The number of fused-ring (bicyclic) bond motifs is 1. The van der Waals surface area contributed by atoms with Crippen LogP contribution in [0, 0.1) is 11.7 Å². The van der Waals surface area contributed by atoms with E-state index in [0.29, 0.717) is 35.4 Å². The summed E-state index contributed by atoms with van der Waals surface area (Å²) in [7, 11) is 0. The lowest BCUT2D eigenvalue weighted by molar-refractivity contribution is 0.0830. The SMILES string of the molecule is O=C(Nc1ccc2ocnc2c1)OCCCN1CCC(C(=O)c2ccc(F)cc2)CC1. The van der Waals surface area contributed by atoms with Crippen LogP contribution < -0.4 is 5.32 Å². The molecule has 31 heavy (non-hydrogen) atoms. The van der Waals surface area contributed by atoms with Crippen LogP contribution >= 0.6 is 0 Å². The molecular formula is C23H24FN3O4. The zero-order valence-electron chi connectivity index (χ0n) is 17.1. The van der Waals surface area contributed by atoms with Crippen LogP contribution in [0.1, 0.15) is 29.6 Å². The number of likely N-dealkylation sites (tertiary alicyclic amines) is 1. The maximum absolute atomic E-state index is 13.0. The molecule has 0 aliphatic carbocycles. The van der Waals surface area contributed by atoms with Gasteiger partial charge in [0.05, 0.1) is 6.61 Å². The topological polar surface area (TPSA) is 84.7 Å². The Labute approximate surface area is 179 Å². The fraction of sp³-hybridized carbons (Fsp3) is 0.348. The summed E-state index contributed by atoms with van der Waals surface area (Å²) in [5.74, 6) is -0.271. The smallest absolute Gasteiger partial charge is 0.411 e. The number of ether oxygens (including phenoxy) is 1. The summed E-state index contributed by atoms with van der Waals surface area (Å²) in [4.78, 5) is 30.8. The quantitative estimate of drug-likeness (QED) is 0.443. The second kappa shape index (κ2) is 9.70. The monoisotopic (exact) mass is 425 g/mol. The number of carbonyl (C=O) groups is 2. The Bertz CT molecular complexity index is 1040.